The summed E-state index contributed by atoms with van der Waals surface area (Å²) in [6.07, 6.45) is 0. The van der Waals surface area contributed by atoms with Gasteiger partial charge in [0.1, 0.15) is 5.75 Å². The van der Waals surface area contributed by atoms with Crippen molar-refractivity contribution in [3.63, 3.8) is 0 Å². The summed E-state index contributed by atoms with van der Waals surface area (Å²) in [7, 11) is 0. The van der Waals surface area contributed by atoms with Crippen LogP contribution in [0.4, 0.5) is 0 Å². The van der Waals surface area contributed by atoms with Crippen LogP contribution in [0.3, 0.4) is 0 Å². The van der Waals surface area contributed by atoms with Gasteiger partial charge in [-0.15, -0.1) is 0 Å². The van der Waals surface area contributed by atoms with Gasteiger partial charge in [0.2, 0.25) is 0 Å². The van der Waals surface area contributed by atoms with Crippen molar-refractivity contribution in [1.29, 1.82) is 0 Å². The second-order valence-corrected chi connectivity index (χ2v) is 4.83. The minimum absolute atomic E-state index is 0.849. The second kappa shape index (κ2) is 5.25. The summed E-state index contributed by atoms with van der Waals surface area (Å²) in [5.41, 5.74) is 3.47. The molecule has 20 heavy (non-hydrogen) atoms. The van der Waals surface area contributed by atoms with Gasteiger partial charge in [-0.1, -0.05) is 30.3 Å². The minimum Gasteiger partial charge on any atom is -0.455 e. The summed E-state index contributed by atoms with van der Waals surface area (Å²) in [6, 6.07) is 22.2. The monoisotopic (exact) mass is 263 g/mol. The lowest BCUT2D eigenvalue weighted by molar-refractivity contribution is 0.479. The fraction of sp³-hybridized carbons (Fsp3) is 0.111. The summed E-state index contributed by atoms with van der Waals surface area (Å²) in [5.74, 6) is 1.71. The highest BCUT2D eigenvalue weighted by atomic mass is 16.5. The molecule has 0 radical (unpaired) electrons. The summed E-state index contributed by atoms with van der Waals surface area (Å²) in [5, 5.41) is 0. The van der Waals surface area contributed by atoms with Crippen molar-refractivity contribution in [2.45, 2.75) is 13.8 Å². The molecule has 0 atom stereocenters. The fourth-order valence-corrected chi connectivity index (χ4v) is 2.39. The van der Waals surface area contributed by atoms with Gasteiger partial charge in [0.05, 0.1) is 5.69 Å². The molecule has 0 spiro atoms. The van der Waals surface area contributed by atoms with Gasteiger partial charge < -0.3 is 9.30 Å². The number of rotatable bonds is 3. The van der Waals surface area contributed by atoms with E-state index in [0.29, 0.717) is 0 Å². The SMILES string of the molecule is Cc1ccc(C)n1-c1ccccc1Oc1ccccc1. The molecule has 2 aromatic carbocycles. The van der Waals surface area contributed by atoms with Crippen LogP contribution >= 0.6 is 0 Å². The molecule has 0 saturated heterocycles. The highest BCUT2D eigenvalue weighted by molar-refractivity contribution is 5.51. The third-order valence-electron chi connectivity index (χ3n) is 3.35. The van der Waals surface area contributed by atoms with Gasteiger partial charge >= 0.3 is 0 Å². The fourth-order valence-electron chi connectivity index (χ4n) is 2.39. The van der Waals surface area contributed by atoms with Crippen LogP contribution in [-0.2, 0) is 0 Å². The highest BCUT2D eigenvalue weighted by Gasteiger charge is 2.10. The van der Waals surface area contributed by atoms with Crippen LogP contribution in [0.2, 0.25) is 0 Å². The zero-order chi connectivity index (χ0) is 13.9. The smallest absolute Gasteiger partial charge is 0.151 e. The minimum atomic E-state index is 0.849. The van der Waals surface area contributed by atoms with Gasteiger partial charge in [0.25, 0.3) is 0 Å². The van der Waals surface area contributed by atoms with Crippen molar-refractivity contribution in [2.24, 2.45) is 0 Å². The first kappa shape index (κ1) is 12.5. The van der Waals surface area contributed by atoms with Gasteiger partial charge in [-0.2, -0.15) is 0 Å². The largest absolute Gasteiger partial charge is 0.455 e. The summed E-state index contributed by atoms with van der Waals surface area (Å²) < 4.78 is 8.23. The number of ether oxygens (including phenoxy) is 1. The molecule has 0 bridgehead atoms. The molecule has 3 rings (SSSR count). The maximum absolute atomic E-state index is 6.02. The molecule has 0 amide bonds. The van der Waals surface area contributed by atoms with Gasteiger partial charge in [-0.25, -0.2) is 0 Å². The van der Waals surface area contributed by atoms with E-state index in [1.807, 2.05) is 48.5 Å². The molecule has 0 saturated carbocycles. The molecule has 1 aromatic heterocycles. The van der Waals surface area contributed by atoms with Crippen molar-refractivity contribution >= 4 is 0 Å². The van der Waals surface area contributed by atoms with E-state index in [4.69, 9.17) is 4.74 Å². The van der Waals surface area contributed by atoms with E-state index in [2.05, 4.69) is 36.6 Å². The van der Waals surface area contributed by atoms with E-state index in [-0.39, 0.29) is 0 Å². The third kappa shape index (κ3) is 2.32. The Morgan fingerprint density at radius 2 is 1.30 bits per heavy atom. The average molecular weight is 263 g/mol. The molecule has 2 nitrogen and oxygen atoms in total. The molecule has 0 aliphatic carbocycles. The molecule has 0 aliphatic rings. The molecule has 3 aromatic rings. The number of aromatic nitrogens is 1. The average Bonchev–Trinajstić information content (AvgIpc) is 2.80. The van der Waals surface area contributed by atoms with Crippen LogP contribution in [0, 0.1) is 13.8 Å². The topological polar surface area (TPSA) is 14.2 Å². The molecular weight excluding hydrogens is 246 g/mol. The zero-order valence-corrected chi connectivity index (χ0v) is 11.7. The molecule has 2 heteroatoms. The molecule has 0 unspecified atom stereocenters. The van der Waals surface area contributed by atoms with Gasteiger partial charge in [0.15, 0.2) is 5.75 Å². The second-order valence-electron chi connectivity index (χ2n) is 4.83. The number of nitrogens with zero attached hydrogens (tertiary/aromatic N) is 1. The molecule has 0 N–H and O–H groups in total. The number of hydrogen-bond acceptors (Lipinski definition) is 1. The van der Waals surface area contributed by atoms with Crippen LogP contribution in [-0.4, -0.2) is 4.57 Å². The first-order chi connectivity index (χ1) is 9.75. The Labute approximate surface area is 119 Å². The standard InChI is InChI=1S/C18H17NO/c1-14-12-13-15(2)19(14)17-10-6-7-11-18(17)20-16-8-4-3-5-9-16/h3-13H,1-2H3. The van der Waals surface area contributed by atoms with Crippen LogP contribution in [0.5, 0.6) is 11.5 Å². The van der Waals surface area contributed by atoms with E-state index in [9.17, 15) is 0 Å². The highest BCUT2D eigenvalue weighted by Crippen LogP contribution is 2.30. The zero-order valence-electron chi connectivity index (χ0n) is 11.7. The van der Waals surface area contributed by atoms with Crippen molar-refractivity contribution < 1.29 is 4.74 Å². The molecule has 100 valence electrons. The summed E-state index contributed by atoms with van der Waals surface area (Å²) in [6.45, 7) is 4.21. The quantitative estimate of drug-likeness (QED) is 0.656. The van der Waals surface area contributed by atoms with Crippen molar-refractivity contribution in [2.75, 3.05) is 0 Å². The molecule has 1 heterocycles. The van der Waals surface area contributed by atoms with E-state index >= 15 is 0 Å². The van der Waals surface area contributed by atoms with Gasteiger partial charge in [0, 0.05) is 11.4 Å². The van der Waals surface area contributed by atoms with Crippen LogP contribution in [0.1, 0.15) is 11.4 Å². The Morgan fingerprint density at radius 3 is 2.00 bits per heavy atom. The molecule has 0 aliphatic heterocycles. The van der Waals surface area contributed by atoms with Crippen molar-refractivity contribution in [3.8, 4) is 17.2 Å². The van der Waals surface area contributed by atoms with Gasteiger partial charge in [-0.05, 0) is 50.2 Å². The van der Waals surface area contributed by atoms with Crippen molar-refractivity contribution in [1.82, 2.24) is 4.57 Å². The maximum Gasteiger partial charge on any atom is 0.151 e. The maximum atomic E-state index is 6.02. The first-order valence-corrected chi connectivity index (χ1v) is 6.73. The lowest BCUT2D eigenvalue weighted by atomic mass is 10.2. The van der Waals surface area contributed by atoms with E-state index in [1.54, 1.807) is 0 Å². The first-order valence-electron chi connectivity index (χ1n) is 6.73. The molecular formula is C18H17NO. The number of benzene rings is 2. The summed E-state index contributed by atoms with van der Waals surface area (Å²) in [4.78, 5) is 0. The Bertz CT molecular complexity index is 694. The Morgan fingerprint density at radius 1 is 0.700 bits per heavy atom. The Balaban J connectivity index is 2.05. The van der Waals surface area contributed by atoms with Gasteiger partial charge in [-0.3, -0.25) is 0 Å². The predicted molar refractivity (Wildman–Crippen MR) is 81.8 cm³/mol. The lowest BCUT2D eigenvalue weighted by Gasteiger charge is -2.15. The molecule has 0 fully saturated rings. The van der Waals surface area contributed by atoms with Crippen LogP contribution in [0.25, 0.3) is 5.69 Å². The number of hydrogen-bond donors (Lipinski definition) is 0. The Kier molecular flexibility index (Phi) is 3.30. The van der Waals surface area contributed by atoms with E-state index in [0.717, 1.165) is 17.2 Å². The van der Waals surface area contributed by atoms with Crippen molar-refractivity contribution in [3.05, 3.63) is 78.1 Å². The summed E-state index contributed by atoms with van der Waals surface area (Å²) >= 11 is 0. The predicted octanol–water partition coefficient (Wildman–Crippen LogP) is 4.89. The van der Waals surface area contributed by atoms with E-state index in [1.165, 1.54) is 11.4 Å². The van der Waals surface area contributed by atoms with Crippen LogP contribution < -0.4 is 4.74 Å². The Hall–Kier alpha value is -2.48. The lowest BCUT2D eigenvalue weighted by Crippen LogP contribution is -2.01. The van der Waals surface area contributed by atoms with E-state index < -0.39 is 0 Å². The normalized spacial score (nSPS) is 10.5. The number of aryl methyl sites for hydroxylation is 2. The third-order valence-corrected chi connectivity index (χ3v) is 3.35. The number of para-hydroxylation sites is 3. The van der Waals surface area contributed by atoms with Crippen LogP contribution in [0.15, 0.2) is 66.7 Å².